The summed E-state index contributed by atoms with van der Waals surface area (Å²) in [6.45, 7) is 3.96. The van der Waals surface area contributed by atoms with Crippen LogP contribution in [0.4, 0.5) is 0 Å². The zero-order valence-electron chi connectivity index (χ0n) is 9.59. The lowest BCUT2D eigenvalue weighted by molar-refractivity contribution is -0.126. The minimum atomic E-state index is -0.244. The van der Waals surface area contributed by atoms with E-state index in [9.17, 15) is 4.79 Å². The van der Waals surface area contributed by atoms with E-state index in [0.717, 1.165) is 23.4 Å². The highest BCUT2D eigenvalue weighted by molar-refractivity contribution is 6.31. The Kier molecular flexibility index (Phi) is 2.94. The first-order valence-corrected chi connectivity index (χ1v) is 5.91. The van der Waals surface area contributed by atoms with E-state index in [-0.39, 0.29) is 17.4 Å². The molecule has 2 nitrogen and oxygen atoms in total. The first-order chi connectivity index (χ1) is 7.49. The van der Waals surface area contributed by atoms with Gasteiger partial charge in [-0.25, -0.2) is 0 Å². The molecule has 0 radical (unpaired) electrons. The van der Waals surface area contributed by atoms with Crippen molar-refractivity contribution < 1.29 is 4.79 Å². The van der Waals surface area contributed by atoms with Gasteiger partial charge in [0, 0.05) is 16.5 Å². The van der Waals surface area contributed by atoms with Crippen LogP contribution in [0, 0.1) is 5.41 Å². The number of carbonyl (C=O) groups excluding carboxylic acids is 1. The van der Waals surface area contributed by atoms with E-state index in [2.05, 4.69) is 5.32 Å². The summed E-state index contributed by atoms with van der Waals surface area (Å²) in [5, 5.41) is 3.80. The van der Waals surface area contributed by atoms with Crippen molar-refractivity contribution in [1.29, 1.82) is 0 Å². The van der Waals surface area contributed by atoms with Crippen LogP contribution in [0.2, 0.25) is 5.02 Å². The molecule has 3 heteroatoms. The van der Waals surface area contributed by atoms with Crippen molar-refractivity contribution in [2.24, 2.45) is 5.41 Å². The van der Waals surface area contributed by atoms with Gasteiger partial charge in [0.15, 0.2) is 0 Å². The van der Waals surface area contributed by atoms with Crippen molar-refractivity contribution >= 4 is 17.5 Å². The topological polar surface area (TPSA) is 29.1 Å². The molecule has 1 aromatic carbocycles. The predicted octanol–water partition coefficient (Wildman–Crippen LogP) is 2.80. The highest BCUT2D eigenvalue weighted by Gasteiger charge is 2.38. The molecular weight excluding hydrogens is 222 g/mol. The molecule has 0 bridgehead atoms. The summed E-state index contributed by atoms with van der Waals surface area (Å²) >= 11 is 6.10. The maximum Gasteiger partial charge on any atom is 0.225 e. The van der Waals surface area contributed by atoms with Gasteiger partial charge in [-0.1, -0.05) is 43.6 Å². The normalized spacial score (nSPS) is 23.2. The van der Waals surface area contributed by atoms with Gasteiger partial charge in [-0.3, -0.25) is 4.79 Å². The molecular formula is C13H16ClNO. The molecule has 0 spiro atoms. The average molecular weight is 238 g/mol. The summed E-state index contributed by atoms with van der Waals surface area (Å²) in [6, 6.07) is 8.01. The first kappa shape index (κ1) is 11.5. The third-order valence-electron chi connectivity index (χ3n) is 3.13. The molecule has 1 aliphatic rings. The van der Waals surface area contributed by atoms with Gasteiger partial charge in [-0.05, 0) is 24.5 Å². The molecule has 16 heavy (non-hydrogen) atoms. The number of benzene rings is 1. The van der Waals surface area contributed by atoms with Crippen LogP contribution in [0.1, 0.15) is 25.8 Å². The second-order valence-corrected chi connectivity index (χ2v) is 5.46. The van der Waals surface area contributed by atoms with Gasteiger partial charge in [0.2, 0.25) is 5.91 Å². The quantitative estimate of drug-likeness (QED) is 0.842. The summed E-state index contributed by atoms with van der Waals surface area (Å²) < 4.78 is 0. The smallest absolute Gasteiger partial charge is 0.225 e. The minimum Gasteiger partial charge on any atom is -0.353 e. The van der Waals surface area contributed by atoms with Crippen molar-refractivity contribution in [3.63, 3.8) is 0 Å². The molecule has 2 rings (SSSR count). The van der Waals surface area contributed by atoms with E-state index >= 15 is 0 Å². The van der Waals surface area contributed by atoms with E-state index in [1.54, 1.807) is 0 Å². The van der Waals surface area contributed by atoms with E-state index in [0.29, 0.717) is 0 Å². The van der Waals surface area contributed by atoms with Crippen LogP contribution in [0.5, 0.6) is 0 Å². The fourth-order valence-electron chi connectivity index (χ4n) is 2.19. The van der Waals surface area contributed by atoms with Crippen molar-refractivity contribution in [3.05, 3.63) is 34.9 Å². The zero-order chi connectivity index (χ0) is 11.8. The lowest BCUT2D eigenvalue weighted by Crippen LogP contribution is -2.29. The van der Waals surface area contributed by atoms with Crippen LogP contribution in [-0.4, -0.2) is 11.9 Å². The molecule has 1 heterocycles. The number of hydrogen-bond donors (Lipinski definition) is 1. The number of amides is 1. The Hall–Kier alpha value is -1.02. The summed E-state index contributed by atoms with van der Waals surface area (Å²) in [5.74, 6) is 0.143. The van der Waals surface area contributed by atoms with Crippen molar-refractivity contribution in [1.82, 2.24) is 5.32 Å². The van der Waals surface area contributed by atoms with Gasteiger partial charge >= 0.3 is 0 Å². The second-order valence-electron chi connectivity index (χ2n) is 5.05. The Labute approximate surface area is 101 Å². The van der Waals surface area contributed by atoms with Gasteiger partial charge in [0.1, 0.15) is 0 Å². The van der Waals surface area contributed by atoms with Crippen LogP contribution < -0.4 is 5.32 Å². The van der Waals surface area contributed by atoms with E-state index in [1.807, 2.05) is 38.1 Å². The number of halogens is 1. The Balaban J connectivity index is 2.08. The van der Waals surface area contributed by atoms with Gasteiger partial charge in [0.25, 0.3) is 0 Å². The van der Waals surface area contributed by atoms with Crippen LogP contribution in [-0.2, 0) is 11.2 Å². The standard InChI is InChI=1S/C13H16ClNO/c1-13(2)8-10(15-12(13)16)7-9-5-3-4-6-11(9)14/h3-6,10H,7-8H2,1-2H3,(H,15,16). The molecule has 0 saturated carbocycles. The molecule has 0 aromatic heterocycles. The molecule has 86 valence electrons. The van der Waals surface area contributed by atoms with Crippen LogP contribution in [0.15, 0.2) is 24.3 Å². The Morgan fingerprint density at radius 2 is 2.12 bits per heavy atom. The zero-order valence-corrected chi connectivity index (χ0v) is 10.3. The average Bonchev–Trinajstić information content (AvgIpc) is 2.44. The maximum absolute atomic E-state index is 11.6. The van der Waals surface area contributed by atoms with E-state index in [1.165, 1.54) is 0 Å². The number of carbonyl (C=O) groups is 1. The van der Waals surface area contributed by atoms with Crippen molar-refractivity contribution in [2.75, 3.05) is 0 Å². The van der Waals surface area contributed by atoms with Gasteiger partial charge in [0.05, 0.1) is 0 Å². The fourth-order valence-corrected chi connectivity index (χ4v) is 2.41. The third-order valence-corrected chi connectivity index (χ3v) is 3.50. The molecule has 0 aliphatic carbocycles. The summed E-state index contributed by atoms with van der Waals surface area (Å²) in [5.41, 5.74) is 0.860. The molecule has 1 amide bonds. The SMILES string of the molecule is CC1(C)CC(Cc2ccccc2Cl)NC1=O. The number of nitrogens with one attached hydrogen (secondary N) is 1. The highest BCUT2D eigenvalue weighted by Crippen LogP contribution is 2.31. The summed E-state index contributed by atoms with van der Waals surface area (Å²) in [7, 11) is 0. The summed E-state index contributed by atoms with van der Waals surface area (Å²) in [4.78, 5) is 11.6. The lowest BCUT2D eigenvalue weighted by Gasteiger charge is -2.13. The Bertz CT molecular complexity index is 414. The molecule has 1 aromatic rings. The van der Waals surface area contributed by atoms with Crippen molar-refractivity contribution in [2.45, 2.75) is 32.7 Å². The monoisotopic (exact) mass is 237 g/mol. The third kappa shape index (κ3) is 2.22. The predicted molar refractivity (Wildman–Crippen MR) is 65.5 cm³/mol. The lowest BCUT2D eigenvalue weighted by atomic mass is 9.88. The Morgan fingerprint density at radius 1 is 1.44 bits per heavy atom. The van der Waals surface area contributed by atoms with E-state index in [4.69, 9.17) is 11.6 Å². The molecule has 1 fully saturated rings. The van der Waals surface area contributed by atoms with Crippen LogP contribution in [0.25, 0.3) is 0 Å². The van der Waals surface area contributed by atoms with E-state index < -0.39 is 0 Å². The summed E-state index contributed by atoms with van der Waals surface area (Å²) in [6.07, 6.45) is 1.69. The molecule has 1 atom stereocenters. The van der Waals surface area contributed by atoms with Crippen LogP contribution in [0.3, 0.4) is 0 Å². The van der Waals surface area contributed by atoms with Gasteiger partial charge in [-0.15, -0.1) is 0 Å². The molecule has 1 N–H and O–H groups in total. The molecule has 1 aliphatic heterocycles. The first-order valence-electron chi connectivity index (χ1n) is 5.53. The van der Waals surface area contributed by atoms with Gasteiger partial charge in [-0.2, -0.15) is 0 Å². The maximum atomic E-state index is 11.6. The number of hydrogen-bond acceptors (Lipinski definition) is 1. The van der Waals surface area contributed by atoms with Gasteiger partial charge < -0.3 is 5.32 Å². The second kappa shape index (κ2) is 4.10. The highest BCUT2D eigenvalue weighted by atomic mass is 35.5. The Morgan fingerprint density at radius 3 is 2.69 bits per heavy atom. The van der Waals surface area contributed by atoms with Crippen molar-refractivity contribution in [3.8, 4) is 0 Å². The largest absolute Gasteiger partial charge is 0.353 e. The number of rotatable bonds is 2. The minimum absolute atomic E-state index is 0.143. The molecule has 1 saturated heterocycles. The van der Waals surface area contributed by atoms with Crippen LogP contribution >= 0.6 is 11.6 Å². The fraction of sp³-hybridized carbons (Fsp3) is 0.462. The molecule has 1 unspecified atom stereocenters.